The summed E-state index contributed by atoms with van der Waals surface area (Å²) in [5.41, 5.74) is 0. The molecule has 0 bridgehead atoms. The van der Waals surface area contributed by atoms with Gasteiger partial charge in [0.15, 0.2) is 0 Å². The van der Waals surface area contributed by atoms with Crippen molar-refractivity contribution in [2.24, 2.45) is 0 Å². The zero-order valence-corrected chi connectivity index (χ0v) is 11.4. The fourth-order valence-corrected chi connectivity index (χ4v) is 1.80. The summed E-state index contributed by atoms with van der Waals surface area (Å²) in [6.07, 6.45) is 1.89. The Morgan fingerprint density at radius 3 is 2.29 bits per heavy atom. The lowest BCUT2D eigenvalue weighted by Crippen LogP contribution is -2.36. The Morgan fingerprint density at radius 1 is 1.24 bits per heavy atom. The van der Waals surface area contributed by atoms with E-state index in [1.807, 2.05) is 20.8 Å². The quantitative estimate of drug-likeness (QED) is 0.598. The first-order chi connectivity index (χ1) is 8.01. The number of ether oxygens (including phenoxy) is 2. The van der Waals surface area contributed by atoms with Gasteiger partial charge in [-0.15, -0.1) is 0 Å². The van der Waals surface area contributed by atoms with Crippen molar-refractivity contribution in [3.05, 3.63) is 0 Å². The number of rotatable bonds is 10. The van der Waals surface area contributed by atoms with E-state index in [9.17, 15) is 9.90 Å². The number of aliphatic hydroxyl groups is 1. The summed E-state index contributed by atoms with van der Waals surface area (Å²) in [5.74, 6) is 0. The number of hydrogen-bond donors (Lipinski definition) is 1. The van der Waals surface area contributed by atoms with Gasteiger partial charge in [-0.3, -0.25) is 0 Å². The van der Waals surface area contributed by atoms with Crippen LogP contribution in [0.3, 0.4) is 0 Å². The van der Waals surface area contributed by atoms with Crippen LogP contribution in [0, 0.1) is 0 Å². The summed E-state index contributed by atoms with van der Waals surface area (Å²) >= 11 is 0. The Bertz CT molecular complexity index is 182. The van der Waals surface area contributed by atoms with Crippen LogP contribution < -0.4 is 0 Å². The minimum Gasteiger partial charge on any atom is -0.393 e. The van der Waals surface area contributed by atoms with Crippen molar-refractivity contribution in [3.63, 3.8) is 0 Å². The highest BCUT2D eigenvalue weighted by atomic mass is 16.5. The van der Waals surface area contributed by atoms with Crippen molar-refractivity contribution in [1.29, 1.82) is 0 Å². The van der Waals surface area contributed by atoms with Crippen molar-refractivity contribution in [1.82, 2.24) is 0 Å². The monoisotopic (exact) mass is 246 g/mol. The summed E-state index contributed by atoms with van der Waals surface area (Å²) in [6.45, 7) is 8.15. The van der Waals surface area contributed by atoms with Gasteiger partial charge >= 0.3 is 0 Å². The molecule has 0 heterocycles. The summed E-state index contributed by atoms with van der Waals surface area (Å²) in [6, 6.07) is 0. The van der Waals surface area contributed by atoms with Crippen LogP contribution in [-0.2, 0) is 14.3 Å². The molecule has 0 fully saturated rings. The molecular formula is C13H26O4. The average Bonchev–Trinajstić information content (AvgIpc) is 2.22. The van der Waals surface area contributed by atoms with Gasteiger partial charge in [0.1, 0.15) is 6.29 Å². The lowest BCUT2D eigenvalue weighted by molar-refractivity contribution is -0.115. The third-order valence-electron chi connectivity index (χ3n) is 2.38. The third-order valence-corrected chi connectivity index (χ3v) is 2.38. The normalized spacial score (nSPS) is 16.8. The van der Waals surface area contributed by atoms with E-state index in [1.165, 1.54) is 0 Å². The molecule has 17 heavy (non-hydrogen) atoms. The van der Waals surface area contributed by atoms with Crippen LogP contribution in [0.2, 0.25) is 0 Å². The fraction of sp³-hybridized carbons (Fsp3) is 0.923. The first-order valence-corrected chi connectivity index (χ1v) is 6.40. The molecule has 0 rings (SSSR count). The van der Waals surface area contributed by atoms with E-state index < -0.39 is 6.10 Å². The van der Waals surface area contributed by atoms with Gasteiger partial charge in [-0.2, -0.15) is 0 Å². The minimum atomic E-state index is -0.432. The van der Waals surface area contributed by atoms with Crippen molar-refractivity contribution in [2.75, 3.05) is 6.61 Å². The Hall–Kier alpha value is -0.450. The zero-order chi connectivity index (χ0) is 13.3. The molecule has 0 aliphatic carbocycles. The van der Waals surface area contributed by atoms with Crippen molar-refractivity contribution >= 4 is 6.29 Å². The molecule has 0 aliphatic rings. The molecule has 0 aromatic carbocycles. The Labute approximate surface area is 104 Å². The van der Waals surface area contributed by atoms with Crippen molar-refractivity contribution < 1.29 is 19.4 Å². The number of carbonyl (C=O) groups excluding carboxylic acids is 1. The van der Waals surface area contributed by atoms with Crippen LogP contribution in [0.25, 0.3) is 0 Å². The third kappa shape index (κ3) is 8.30. The van der Waals surface area contributed by atoms with E-state index in [-0.39, 0.29) is 18.3 Å². The van der Waals surface area contributed by atoms with Crippen LogP contribution in [0.5, 0.6) is 0 Å². The molecule has 102 valence electrons. The summed E-state index contributed by atoms with van der Waals surface area (Å²) in [5, 5.41) is 9.47. The molecule has 4 nitrogen and oxygen atoms in total. The highest BCUT2D eigenvalue weighted by Gasteiger charge is 2.24. The average molecular weight is 246 g/mol. The number of aldehydes is 1. The molecule has 0 saturated heterocycles. The first-order valence-electron chi connectivity index (χ1n) is 6.40. The molecule has 0 spiro atoms. The fourth-order valence-electron chi connectivity index (χ4n) is 1.80. The zero-order valence-electron chi connectivity index (χ0n) is 11.4. The van der Waals surface area contributed by atoms with E-state index in [1.54, 1.807) is 6.92 Å². The van der Waals surface area contributed by atoms with Gasteiger partial charge in [0.05, 0.1) is 24.4 Å². The maximum Gasteiger partial charge on any atom is 0.120 e. The second-order valence-electron chi connectivity index (χ2n) is 4.55. The molecule has 0 aromatic heterocycles. The summed E-state index contributed by atoms with van der Waals surface area (Å²) in [4.78, 5) is 10.4. The Morgan fingerprint density at radius 2 is 1.88 bits per heavy atom. The predicted molar refractivity (Wildman–Crippen MR) is 67.0 cm³/mol. The van der Waals surface area contributed by atoms with E-state index in [2.05, 4.69) is 0 Å². The standard InChI is InChI=1S/C13H26O4/c1-5-16-12(7-6-8-14)13(9-11(4)15)17-10(2)3/h8,10-13,15H,5-7,9H2,1-4H3. The molecule has 1 N–H and O–H groups in total. The lowest BCUT2D eigenvalue weighted by atomic mass is 10.0. The Balaban J connectivity index is 4.47. The van der Waals surface area contributed by atoms with Crippen LogP contribution in [0.4, 0.5) is 0 Å². The molecule has 0 saturated carbocycles. The second kappa shape index (κ2) is 9.57. The van der Waals surface area contributed by atoms with E-state index in [0.29, 0.717) is 25.9 Å². The highest BCUT2D eigenvalue weighted by Crippen LogP contribution is 2.17. The minimum absolute atomic E-state index is 0.0814. The summed E-state index contributed by atoms with van der Waals surface area (Å²) in [7, 11) is 0. The van der Waals surface area contributed by atoms with E-state index in [4.69, 9.17) is 9.47 Å². The summed E-state index contributed by atoms with van der Waals surface area (Å²) < 4.78 is 11.4. The maximum atomic E-state index is 10.4. The maximum absolute atomic E-state index is 10.4. The van der Waals surface area contributed by atoms with Gasteiger partial charge in [0, 0.05) is 19.4 Å². The van der Waals surface area contributed by atoms with Gasteiger partial charge in [0.2, 0.25) is 0 Å². The van der Waals surface area contributed by atoms with E-state index in [0.717, 1.165) is 6.29 Å². The Kier molecular flexibility index (Phi) is 9.31. The number of hydrogen-bond acceptors (Lipinski definition) is 4. The molecule has 3 unspecified atom stereocenters. The SMILES string of the molecule is CCOC(CCC=O)C(CC(C)O)OC(C)C. The van der Waals surface area contributed by atoms with Crippen LogP contribution in [-0.4, -0.2) is 42.4 Å². The van der Waals surface area contributed by atoms with Crippen LogP contribution in [0.1, 0.15) is 47.0 Å². The molecule has 4 heteroatoms. The molecule has 0 amide bonds. The number of carbonyl (C=O) groups is 1. The largest absolute Gasteiger partial charge is 0.393 e. The second-order valence-corrected chi connectivity index (χ2v) is 4.55. The smallest absolute Gasteiger partial charge is 0.120 e. The van der Waals surface area contributed by atoms with Gasteiger partial charge < -0.3 is 19.4 Å². The van der Waals surface area contributed by atoms with Gasteiger partial charge in [-0.1, -0.05) is 0 Å². The van der Waals surface area contributed by atoms with E-state index >= 15 is 0 Å². The highest BCUT2D eigenvalue weighted by molar-refractivity contribution is 5.49. The lowest BCUT2D eigenvalue weighted by Gasteiger charge is -2.29. The molecule has 3 atom stereocenters. The van der Waals surface area contributed by atoms with Crippen molar-refractivity contribution in [2.45, 2.75) is 71.4 Å². The van der Waals surface area contributed by atoms with Gasteiger partial charge in [0.25, 0.3) is 0 Å². The van der Waals surface area contributed by atoms with Crippen LogP contribution in [0.15, 0.2) is 0 Å². The van der Waals surface area contributed by atoms with Crippen LogP contribution >= 0.6 is 0 Å². The molecular weight excluding hydrogens is 220 g/mol. The van der Waals surface area contributed by atoms with Crippen molar-refractivity contribution in [3.8, 4) is 0 Å². The molecule has 0 radical (unpaired) electrons. The molecule has 0 aliphatic heterocycles. The first kappa shape index (κ1) is 16.6. The molecule has 0 aromatic rings. The predicted octanol–water partition coefficient (Wildman–Crippen LogP) is 1.94. The number of aliphatic hydroxyl groups excluding tert-OH is 1. The topological polar surface area (TPSA) is 55.8 Å². The van der Waals surface area contributed by atoms with Gasteiger partial charge in [-0.05, 0) is 34.1 Å². The van der Waals surface area contributed by atoms with Gasteiger partial charge in [-0.25, -0.2) is 0 Å².